The molecule has 0 saturated carbocycles. The number of amides is 1. The normalized spacial score (nSPS) is 25.1. The lowest BCUT2D eigenvalue weighted by atomic mass is 9.99. The number of halogens is 3. The zero-order valence-electron chi connectivity index (χ0n) is 13.2. The van der Waals surface area contributed by atoms with Gasteiger partial charge in [0.25, 0.3) is 5.91 Å². The van der Waals surface area contributed by atoms with Crippen molar-refractivity contribution in [3.63, 3.8) is 0 Å². The first-order valence-electron chi connectivity index (χ1n) is 7.42. The molecule has 1 aromatic heterocycles. The van der Waals surface area contributed by atoms with Crippen LogP contribution < -0.4 is 15.5 Å². The summed E-state index contributed by atoms with van der Waals surface area (Å²) in [6.07, 6.45) is 6.25. The molecule has 23 heavy (non-hydrogen) atoms. The van der Waals surface area contributed by atoms with Gasteiger partial charge in [-0.15, -0.1) is 24.8 Å². The minimum atomic E-state index is -0.0289. The summed E-state index contributed by atoms with van der Waals surface area (Å²) < 4.78 is 0.823. The molecule has 2 fully saturated rings. The van der Waals surface area contributed by atoms with Crippen LogP contribution in [0.1, 0.15) is 36.0 Å². The van der Waals surface area contributed by atoms with E-state index in [2.05, 4.69) is 31.5 Å². The van der Waals surface area contributed by atoms with Crippen molar-refractivity contribution in [2.45, 2.75) is 43.8 Å². The summed E-state index contributed by atoms with van der Waals surface area (Å²) in [6.45, 7) is 0. The molecule has 3 heterocycles. The van der Waals surface area contributed by atoms with Crippen LogP contribution in [-0.4, -0.2) is 43.1 Å². The monoisotopic (exact) mass is 424 g/mol. The number of rotatable bonds is 3. The molecule has 2 saturated heterocycles. The number of hydrogen-bond donors (Lipinski definition) is 2. The van der Waals surface area contributed by atoms with Crippen molar-refractivity contribution in [1.29, 1.82) is 0 Å². The summed E-state index contributed by atoms with van der Waals surface area (Å²) in [7, 11) is 3.80. The van der Waals surface area contributed by atoms with Crippen molar-refractivity contribution >= 4 is 52.5 Å². The van der Waals surface area contributed by atoms with Gasteiger partial charge in [-0.3, -0.25) is 4.79 Å². The van der Waals surface area contributed by atoms with Crippen LogP contribution in [0.15, 0.2) is 16.7 Å². The van der Waals surface area contributed by atoms with E-state index in [0.717, 1.165) is 17.3 Å². The van der Waals surface area contributed by atoms with Crippen LogP contribution >= 0.6 is 40.7 Å². The molecule has 2 aliphatic rings. The number of piperidine rings is 1. The van der Waals surface area contributed by atoms with E-state index in [9.17, 15) is 4.79 Å². The second-order valence-corrected chi connectivity index (χ2v) is 7.11. The van der Waals surface area contributed by atoms with Gasteiger partial charge in [0.05, 0.1) is 5.56 Å². The molecule has 2 bridgehead atoms. The standard InChI is InChI=1S/C15H21BrN4O.2ClH/c1-20(2)14-13(5-9(16)8-17-14)15(21)19-12-6-10-3-4-11(7-12)18-10;;/h5,8,10-12,18H,3-4,6-7H2,1-2H3,(H,19,21);2*1H. The molecule has 1 amide bonds. The Bertz CT molecular complexity index is 546. The highest BCUT2D eigenvalue weighted by Gasteiger charge is 2.34. The first-order valence-corrected chi connectivity index (χ1v) is 8.22. The fourth-order valence-electron chi connectivity index (χ4n) is 3.39. The van der Waals surface area contributed by atoms with Gasteiger partial charge >= 0.3 is 0 Å². The number of hydrogen-bond acceptors (Lipinski definition) is 4. The highest BCUT2D eigenvalue weighted by molar-refractivity contribution is 9.10. The summed E-state index contributed by atoms with van der Waals surface area (Å²) >= 11 is 3.40. The molecular formula is C15H23BrCl2N4O. The van der Waals surface area contributed by atoms with Crippen LogP contribution in [0.25, 0.3) is 0 Å². The van der Waals surface area contributed by atoms with Gasteiger partial charge in [0.15, 0.2) is 0 Å². The number of pyridine rings is 1. The Kier molecular flexibility index (Phi) is 7.58. The maximum atomic E-state index is 12.6. The fourth-order valence-corrected chi connectivity index (χ4v) is 3.73. The number of nitrogens with one attached hydrogen (secondary N) is 2. The maximum absolute atomic E-state index is 12.6. The topological polar surface area (TPSA) is 57.3 Å². The van der Waals surface area contributed by atoms with Gasteiger partial charge in [0.2, 0.25) is 0 Å². The van der Waals surface area contributed by atoms with E-state index in [-0.39, 0.29) is 36.8 Å². The van der Waals surface area contributed by atoms with E-state index in [1.165, 1.54) is 12.8 Å². The van der Waals surface area contributed by atoms with Crippen molar-refractivity contribution in [2.75, 3.05) is 19.0 Å². The van der Waals surface area contributed by atoms with Gasteiger partial charge in [-0.05, 0) is 47.7 Å². The number of aromatic nitrogens is 1. The number of carbonyl (C=O) groups is 1. The molecule has 2 N–H and O–H groups in total. The predicted molar refractivity (Wildman–Crippen MR) is 101 cm³/mol. The molecule has 1 aromatic rings. The Hall–Kier alpha value is -0.560. The van der Waals surface area contributed by atoms with E-state index < -0.39 is 0 Å². The van der Waals surface area contributed by atoms with Crippen molar-refractivity contribution in [3.05, 3.63) is 22.3 Å². The van der Waals surface area contributed by atoms with Gasteiger partial charge in [-0.25, -0.2) is 4.98 Å². The molecule has 0 radical (unpaired) electrons. The molecule has 130 valence electrons. The largest absolute Gasteiger partial charge is 0.362 e. The quantitative estimate of drug-likeness (QED) is 0.781. The second kappa shape index (κ2) is 8.51. The van der Waals surface area contributed by atoms with Gasteiger partial charge < -0.3 is 15.5 Å². The van der Waals surface area contributed by atoms with E-state index in [1.54, 1.807) is 6.20 Å². The Balaban J connectivity index is 0.00000132. The van der Waals surface area contributed by atoms with Gasteiger partial charge in [0.1, 0.15) is 5.82 Å². The van der Waals surface area contributed by atoms with Crippen LogP contribution in [0, 0.1) is 0 Å². The SMILES string of the molecule is CN(C)c1ncc(Br)cc1C(=O)NC1CC2CCC(C1)N2.Cl.Cl. The highest BCUT2D eigenvalue weighted by Crippen LogP contribution is 2.27. The lowest BCUT2D eigenvalue weighted by molar-refractivity contribution is 0.0924. The number of anilines is 1. The van der Waals surface area contributed by atoms with Crippen LogP contribution in [0.5, 0.6) is 0 Å². The van der Waals surface area contributed by atoms with Crippen LogP contribution in [0.2, 0.25) is 0 Å². The third kappa shape index (κ3) is 4.72. The minimum Gasteiger partial charge on any atom is -0.362 e. The molecule has 2 aliphatic heterocycles. The van der Waals surface area contributed by atoms with E-state index >= 15 is 0 Å². The summed E-state index contributed by atoms with van der Waals surface area (Å²) in [4.78, 5) is 18.8. The number of nitrogens with zero attached hydrogens (tertiary/aromatic N) is 2. The van der Waals surface area contributed by atoms with E-state index in [0.29, 0.717) is 23.5 Å². The molecule has 0 spiro atoms. The van der Waals surface area contributed by atoms with E-state index in [1.807, 2.05) is 25.1 Å². The van der Waals surface area contributed by atoms with Crippen molar-refractivity contribution < 1.29 is 4.79 Å². The first-order chi connectivity index (χ1) is 10.0. The predicted octanol–water partition coefficient (Wildman–Crippen LogP) is 2.77. The molecule has 5 nitrogen and oxygen atoms in total. The Labute approximate surface area is 157 Å². The van der Waals surface area contributed by atoms with Gasteiger partial charge in [-0.2, -0.15) is 0 Å². The first kappa shape index (κ1) is 20.5. The molecule has 8 heteroatoms. The Morgan fingerprint density at radius 3 is 2.48 bits per heavy atom. The minimum absolute atomic E-state index is 0. The van der Waals surface area contributed by atoms with Crippen molar-refractivity contribution in [3.8, 4) is 0 Å². The lowest BCUT2D eigenvalue weighted by Gasteiger charge is -2.30. The highest BCUT2D eigenvalue weighted by atomic mass is 79.9. The van der Waals surface area contributed by atoms with Crippen molar-refractivity contribution in [1.82, 2.24) is 15.6 Å². The second-order valence-electron chi connectivity index (χ2n) is 6.20. The maximum Gasteiger partial charge on any atom is 0.255 e. The summed E-state index contributed by atoms with van der Waals surface area (Å²) in [5, 5.41) is 6.78. The van der Waals surface area contributed by atoms with Crippen LogP contribution in [0.3, 0.4) is 0 Å². The Morgan fingerprint density at radius 1 is 1.30 bits per heavy atom. The smallest absolute Gasteiger partial charge is 0.255 e. The Morgan fingerprint density at radius 2 is 1.91 bits per heavy atom. The fraction of sp³-hybridized carbons (Fsp3) is 0.600. The van der Waals surface area contributed by atoms with E-state index in [4.69, 9.17) is 0 Å². The average molecular weight is 426 g/mol. The zero-order valence-corrected chi connectivity index (χ0v) is 16.4. The molecule has 3 rings (SSSR count). The van der Waals surface area contributed by atoms with Crippen molar-refractivity contribution in [2.24, 2.45) is 0 Å². The zero-order chi connectivity index (χ0) is 15.0. The molecule has 2 atom stereocenters. The van der Waals surface area contributed by atoms with Crippen LogP contribution in [-0.2, 0) is 0 Å². The third-order valence-electron chi connectivity index (χ3n) is 4.31. The number of carbonyl (C=O) groups excluding carboxylic acids is 1. The average Bonchev–Trinajstić information content (AvgIpc) is 2.77. The molecular weight excluding hydrogens is 403 g/mol. The molecule has 0 aliphatic carbocycles. The summed E-state index contributed by atoms with van der Waals surface area (Å²) in [5.41, 5.74) is 0.625. The summed E-state index contributed by atoms with van der Waals surface area (Å²) in [5.74, 6) is 0.673. The third-order valence-corrected chi connectivity index (χ3v) is 4.74. The molecule has 0 aromatic carbocycles. The van der Waals surface area contributed by atoms with Gasteiger partial charge in [0, 0.05) is 42.9 Å². The molecule has 2 unspecified atom stereocenters. The van der Waals surface area contributed by atoms with Gasteiger partial charge in [-0.1, -0.05) is 0 Å². The number of fused-ring (bicyclic) bond motifs is 2. The summed E-state index contributed by atoms with van der Waals surface area (Å²) in [6, 6.07) is 3.25. The lowest BCUT2D eigenvalue weighted by Crippen LogP contribution is -2.48. The van der Waals surface area contributed by atoms with Crippen LogP contribution in [0.4, 0.5) is 5.82 Å².